The maximum absolute atomic E-state index is 12.7. The lowest BCUT2D eigenvalue weighted by Crippen LogP contribution is -2.12. The number of amides is 1. The zero-order chi connectivity index (χ0) is 20.8. The first-order valence-corrected chi connectivity index (χ1v) is 9.37. The second-order valence-corrected chi connectivity index (χ2v) is 6.51. The first-order valence-electron chi connectivity index (χ1n) is 9.37. The Morgan fingerprint density at radius 3 is 2.27 bits per heavy atom. The number of carbonyl (C=O) groups excluding carboxylic acids is 1. The van der Waals surface area contributed by atoms with Gasteiger partial charge < -0.3 is 14.8 Å². The van der Waals surface area contributed by atoms with Gasteiger partial charge in [0.1, 0.15) is 17.2 Å². The minimum Gasteiger partial charge on any atom is -0.457 e. The second kappa shape index (κ2) is 8.87. The summed E-state index contributed by atoms with van der Waals surface area (Å²) in [6.07, 6.45) is 3.22. The summed E-state index contributed by atoms with van der Waals surface area (Å²) in [5, 5.41) is 2.93. The van der Waals surface area contributed by atoms with Gasteiger partial charge in [0.2, 0.25) is 0 Å². The highest BCUT2D eigenvalue weighted by Gasteiger charge is 2.10. The van der Waals surface area contributed by atoms with Gasteiger partial charge in [-0.15, -0.1) is 0 Å². The lowest BCUT2D eigenvalue weighted by molar-refractivity contribution is 0.102. The number of para-hydroxylation sites is 1. The van der Waals surface area contributed by atoms with Crippen LogP contribution in [0.5, 0.6) is 23.3 Å². The molecule has 1 amide bonds. The topological polar surface area (TPSA) is 73.3 Å². The Morgan fingerprint density at radius 1 is 0.767 bits per heavy atom. The van der Waals surface area contributed by atoms with Crippen molar-refractivity contribution >= 4 is 11.6 Å². The van der Waals surface area contributed by atoms with Gasteiger partial charge in [0, 0.05) is 23.6 Å². The van der Waals surface area contributed by atoms with Crippen LogP contribution in [0.15, 0.2) is 91.3 Å². The molecule has 4 aromatic rings. The third-order valence-electron chi connectivity index (χ3n) is 4.27. The molecular formula is C24H19N3O3. The molecule has 0 fully saturated rings. The minimum absolute atomic E-state index is 0.225. The van der Waals surface area contributed by atoms with E-state index in [1.165, 1.54) is 0 Å². The van der Waals surface area contributed by atoms with Gasteiger partial charge in [0.25, 0.3) is 5.91 Å². The van der Waals surface area contributed by atoms with E-state index >= 15 is 0 Å². The van der Waals surface area contributed by atoms with Gasteiger partial charge in [-0.25, -0.2) is 9.97 Å². The van der Waals surface area contributed by atoms with E-state index in [1.54, 1.807) is 48.8 Å². The van der Waals surface area contributed by atoms with Crippen molar-refractivity contribution in [2.75, 3.05) is 5.32 Å². The normalized spacial score (nSPS) is 10.3. The average Bonchev–Trinajstić information content (AvgIpc) is 2.77. The van der Waals surface area contributed by atoms with Crippen LogP contribution in [-0.2, 0) is 0 Å². The molecule has 4 rings (SSSR count). The summed E-state index contributed by atoms with van der Waals surface area (Å²) in [5.74, 6) is 1.67. The zero-order valence-corrected chi connectivity index (χ0v) is 16.3. The Morgan fingerprint density at radius 2 is 1.50 bits per heavy atom. The molecule has 6 heteroatoms. The SMILES string of the molecule is Cc1cc(Oc2ncccn2)ccc1NC(=O)c1cccc(Oc2ccccc2)c1. The number of aromatic nitrogens is 2. The lowest BCUT2D eigenvalue weighted by atomic mass is 10.1. The molecule has 0 aliphatic carbocycles. The van der Waals surface area contributed by atoms with Crippen molar-refractivity contribution in [1.29, 1.82) is 0 Å². The third kappa shape index (κ3) is 4.80. The molecule has 0 atom stereocenters. The van der Waals surface area contributed by atoms with Crippen LogP contribution in [0.4, 0.5) is 5.69 Å². The van der Waals surface area contributed by atoms with Gasteiger partial charge in [-0.1, -0.05) is 24.3 Å². The maximum Gasteiger partial charge on any atom is 0.321 e. The fourth-order valence-corrected chi connectivity index (χ4v) is 2.80. The summed E-state index contributed by atoms with van der Waals surface area (Å²) in [7, 11) is 0. The number of nitrogens with one attached hydrogen (secondary N) is 1. The maximum atomic E-state index is 12.7. The van der Waals surface area contributed by atoms with E-state index < -0.39 is 0 Å². The molecule has 0 saturated carbocycles. The Labute approximate surface area is 174 Å². The number of benzene rings is 3. The van der Waals surface area contributed by atoms with Crippen molar-refractivity contribution in [3.63, 3.8) is 0 Å². The number of hydrogen-bond acceptors (Lipinski definition) is 5. The van der Waals surface area contributed by atoms with Crippen LogP contribution in [0.2, 0.25) is 0 Å². The molecule has 3 aromatic carbocycles. The van der Waals surface area contributed by atoms with Crippen molar-refractivity contribution in [2.45, 2.75) is 6.92 Å². The third-order valence-corrected chi connectivity index (χ3v) is 4.27. The van der Waals surface area contributed by atoms with Gasteiger partial charge in [-0.05, 0) is 67.1 Å². The molecule has 0 spiro atoms. The molecule has 0 saturated heterocycles. The average molecular weight is 397 g/mol. The number of rotatable bonds is 6. The van der Waals surface area contributed by atoms with Crippen molar-refractivity contribution in [2.24, 2.45) is 0 Å². The summed E-state index contributed by atoms with van der Waals surface area (Å²) >= 11 is 0. The highest BCUT2D eigenvalue weighted by molar-refractivity contribution is 6.04. The number of hydrogen-bond donors (Lipinski definition) is 1. The Balaban J connectivity index is 1.45. The van der Waals surface area contributed by atoms with Crippen LogP contribution < -0.4 is 14.8 Å². The van der Waals surface area contributed by atoms with E-state index in [0.717, 1.165) is 5.56 Å². The highest BCUT2D eigenvalue weighted by Crippen LogP contribution is 2.26. The number of nitrogens with zero attached hydrogens (tertiary/aromatic N) is 2. The molecule has 0 aliphatic rings. The van der Waals surface area contributed by atoms with Crippen molar-refractivity contribution < 1.29 is 14.3 Å². The van der Waals surface area contributed by atoms with Gasteiger partial charge in [-0.3, -0.25) is 4.79 Å². The standard InChI is InChI=1S/C24H19N3O3/c1-17-15-21(30-24-25-13-6-14-26-24)11-12-22(17)27-23(28)18-7-5-10-20(16-18)29-19-8-3-2-4-9-19/h2-16H,1H3,(H,27,28). The molecule has 0 aliphatic heterocycles. The van der Waals surface area contributed by atoms with Crippen LogP contribution >= 0.6 is 0 Å². The van der Waals surface area contributed by atoms with E-state index in [4.69, 9.17) is 9.47 Å². The molecule has 6 nitrogen and oxygen atoms in total. The van der Waals surface area contributed by atoms with Crippen LogP contribution in [0, 0.1) is 6.92 Å². The van der Waals surface area contributed by atoms with Gasteiger partial charge in [0.15, 0.2) is 0 Å². The Kier molecular flexibility index (Phi) is 5.66. The number of ether oxygens (including phenoxy) is 2. The van der Waals surface area contributed by atoms with Crippen LogP contribution in [-0.4, -0.2) is 15.9 Å². The summed E-state index contributed by atoms with van der Waals surface area (Å²) in [6.45, 7) is 1.89. The zero-order valence-electron chi connectivity index (χ0n) is 16.3. The van der Waals surface area contributed by atoms with Gasteiger partial charge >= 0.3 is 6.01 Å². The predicted molar refractivity (Wildman–Crippen MR) is 114 cm³/mol. The van der Waals surface area contributed by atoms with Crippen LogP contribution in [0.25, 0.3) is 0 Å². The number of anilines is 1. The van der Waals surface area contributed by atoms with Gasteiger partial charge in [-0.2, -0.15) is 0 Å². The van der Waals surface area contributed by atoms with E-state index in [1.807, 2.05) is 49.4 Å². The molecule has 1 N–H and O–H groups in total. The summed E-state index contributed by atoms with van der Waals surface area (Å²) in [5.41, 5.74) is 2.05. The molecule has 0 radical (unpaired) electrons. The van der Waals surface area contributed by atoms with Crippen LogP contribution in [0.1, 0.15) is 15.9 Å². The monoisotopic (exact) mass is 397 g/mol. The smallest absolute Gasteiger partial charge is 0.321 e. The molecule has 1 heterocycles. The van der Waals surface area contributed by atoms with Crippen molar-refractivity contribution in [3.05, 3.63) is 102 Å². The molecular weight excluding hydrogens is 378 g/mol. The van der Waals surface area contributed by atoms with Crippen molar-refractivity contribution in [1.82, 2.24) is 9.97 Å². The Bertz CT molecular complexity index is 1150. The highest BCUT2D eigenvalue weighted by atomic mass is 16.5. The largest absolute Gasteiger partial charge is 0.457 e. The van der Waals surface area contributed by atoms with E-state index in [2.05, 4.69) is 15.3 Å². The fraction of sp³-hybridized carbons (Fsp3) is 0.0417. The van der Waals surface area contributed by atoms with Gasteiger partial charge in [0.05, 0.1) is 0 Å². The summed E-state index contributed by atoms with van der Waals surface area (Å²) in [6, 6.07) is 23.8. The quantitative estimate of drug-likeness (QED) is 0.457. The fourth-order valence-electron chi connectivity index (χ4n) is 2.80. The van der Waals surface area contributed by atoms with Crippen molar-refractivity contribution in [3.8, 4) is 23.3 Å². The van der Waals surface area contributed by atoms with E-state index in [-0.39, 0.29) is 11.9 Å². The second-order valence-electron chi connectivity index (χ2n) is 6.51. The van der Waals surface area contributed by atoms with E-state index in [9.17, 15) is 4.79 Å². The summed E-state index contributed by atoms with van der Waals surface area (Å²) < 4.78 is 11.4. The first-order chi connectivity index (χ1) is 14.7. The van der Waals surface area contributed by atoms with Crippen LogP contribution in [0.3, 0.4) is 0 Å². The molecule has 0 unspecified atom stereocenters. The Hall–Kier alpha value is -4.19. The molecule has 30 heavy (non-hydrogen) atoms. The predicted octanol–water partition coefficient (Wildman–Crippen LogP) is 5.62. The molecule has 148 valence electrons. The number of aryl methyl sites for hydroxylation is 1. The lowest BCUT2D eigenvalue weighted by Gasteiger charge is -2.11. The first kappa shape index (κ1) is 19.1. The number of carbonyl (C=O) groups is 1. The minimum atomic E-state index is -0.225. The molecule has 0 bridgehead atoms. The molecule has 1 aromatic heterocycles. The summed E-state index contributed by atoms with van der Waals surface area (Å²) in [4.78, 5) is 20.8. The van der Waals surface area contributed by atoms with E-state index in [0.29, 0.717) is 28.5 Å².